The SMILES string of the molecule is O=C(CCc1ccccc1)NNC(=O)c1cccc(OCCOc2ccccc2)c1. The topological polar surface area (TPSA) is 76.7 Å². The molecule has 3 rings (SSSR count). The van der Waals surface area contributed by atoms with Gasteiger partial charge in [0, 0.05) is 12.0 Å². The number of rotatable bonds is 9. The Morgan fingerprint density at radius 1 is 0.700 bits per heavy atom. The number of para-hydroxylation sites is 1. The summed E-state index contributed by atoms with van der Waals surface area (Å²) >= 11 is 0. The molecule has 0 aromatic heterocycles. The number of aryl methyl sites for hydroxylation is 1. The number of ether oxygens (including phenoxy) is 2. The molecule has 0 unspecified atom stereocenters. The predicted molar refractivity (Wildman–Crippen MR) is 114 cm³/mol. The highest BCUT2D eigenvalue weighted by Crippen LogP contribution is 2.14. The molecule has 6 heteroatoms. The summed E-state index contributed by atoms with van der Waals surface area (Å²) in [5.74, 6) is 0.665. The molecule has 3 aromatic rings. The largest absolute Gasteiger partial charge is 0.490 e. The lowest BCUT2D eigenvalue weighted by atomic mass is 10.1. The molecule has 2 N–H and O–H groups in total. The number of hydrazine groups is 1. The lowest BCUT2D eigenvalue weighted by Crippen LogP contribution is -2.41. The van der Waals surface area contributed by atoms with Crippen LogP contribution in [0.3, 0.4) is 0 Å². The standard InChI is InChI=1S/C24H24N2O4/c27-23(15-14-19-8-3-1-4-9-19)25-26-24(28)20-10-7-13-22(18-20)30-17-16-29-21-11-5-2-6-12-21/h1-13,18H,14-17H2,(H,25,27)(H,26,28). The van der Waals surface area contributed by atoms with E-state index >= 15 is 0 Å². The van der Waals surface area contributed by atoms with Crippen molar-refractivity contribution in [2.45, 2.75) is 12.8 Å². The van der Waals surface area contributed by atoms with Crippen molar-refractivity contribution in [3.63, 3.8) is 0 Å². The summed E-state index contributed by atoms with van der Waals surface area (Å²) in [6.45, 7) is 0.730. The molecule has 3 aromatic carbocycles. The molecule has 0 atom stereocenters. The van der Waals surface area contributed by atoms with E-state index in [9.17, 15) is 9.59 Å². The zero-order chi connectivity index (χ0) is 21.0. The van der Waals surface area contributed by atoms with Crippen LogP contribution in [0.4, 0.5) is 0 Å². The fourth-order valence-electron chi connectivity index (χ4n) is 2.73. The lowest BCUT2D eigenvalue weighted by molar-refractivity contribution is -0.121. The molecule has 154 valence electrons. The third-order valence-electron chi connectivity index (χ3n) is 4.26. The molecule has 0 aliphatic carbocycles. The van der Waals surface area contributed by atoms with Gasteiger partial charge in [-0.05, 0) is 42.3 Å². The van der Waals surface area contributed by atoms with Crippen LogP contribution in [-0.4, -0.2) is 25.0 Å². The van der Waals surface area contributed by atoms with Crippen LogP contribution in [-0.2, 0) is 11.2 Å². The van der Waals surface area contributed by atoms with Gasteiger partial charge in [0.15, 0.2) is 0 Å². The second-order valence-corrected chi connectivity index (χ2v) is 6.53. The molecule has 0 saturated carbocycles. The minimum atomic E-state index is -0.408. The van der Waals surface area contributed by atoms with Crippen molar-refractivity contribution in [1.29, 1.82) is 0 Å². The van der Waals surface area contributed by atoms with Gasteiger partial charge in [-0.2, -0.15) is 0 Å². The highest BCUT2D eigenvalue weighted by Gasteiger charge is 2.09. The molecule has 2 amide bonds. The van der Waals surface area contributed by atoms with Crippen molar-refractivity contribution < 1.29 is 19.1 Å². The van der Waals surface area contributed by atoms with Crippen molar-refractivity contribution in [2.75, 3.05) is 13.2 Å². The monoisotopic (exact) mass is 404 g/mol. The van der Waals surface area contributed by atoms with Gasteiger partial charge in [-0.25, -0.2) is 0 Å². The van der Waals surface area contributed by atoms with E-state index in [2.05, 4.69) is 10.9 Å². The van der Waals surface area contributed by atoms with Gasteiger partial charge in [-0.1, -0.05) is 54.6 Å². The normalized spacial score (nSPS) is 10.1. The van der Waals surface area contributed by atoms with Crippen LogP contribution in [0, 0.1) is 0 Å². The fraction of sp³-hybridized carbons (Fsp3) is 0.167. The molecule has 0 fully saturated rings. The van der Waals surface area contributed by atoms with E-state index in [1.165, 1.54) is 0 Å². The molecular weight excluding hydrogens is 380 g/mol. The van der Waals surface area contributed by atoms with Gasteiger partial charge in [0.1, 0.15) is 24.7 Å². The Bertz CT molecular complexity index is 946. The fourth-order valence-corrected chi connectivity index (χ4v) is 2.73. The number of amides is 2. The van der Waals surface area contributed by atoms with Crippen LogP contribution < -0.4 is 20.3 Å². The molecular formula is C24H24N2O4. The summed E-state index contributed by atoms with van der Waals surface area (Å²) in [7, 11) is 0. The van der Waals surface area contributed by atoms with Crippen LogP contribution in [0.2, 0.25) is 0 Å². The summed E-state index contributed by atoms with van der Waals surface area (Å²) in [4.78, 5) is 24.2. The third kappa shape index (κ3) is 6.98. The maximum atomic E-state index is 12.3. The number of nitrogens with one attached hydrogen (secondary N) is 2. The molecule has 0 spiro atoms. The first-order valence-electron chi connectivity index (χ1n) is 9.74. The summed E-state index contributed by atoms with van der Waals surface area (Å²) in [6.07, 6.45) is 0.895. The first-order valence-corrected chi connectivity index (χ1v) is 9.74. The number of hydrogen-bond donors (Lipinski definition) is 2. The smallest absolute Gasteiger partial charge is 0.269 e. The molecule has 0 heterocycles. The van der Waals surface area contributed by atoms with E-state index in [-0.39, 0.29) is 12.3 Å². The van der Waals surface area contributed by atoms with Gasteiger partial charge in [-0.15, -0.1) is 0 Å². The van der Waals surface area contributed by atoms with Crippen molar-refractivity contribution in [3.05, 3.63) is 96.1 Å². The van der Waals surface area contributed by atoms with E-state index in [1.54, 1.807) is 24.3 Å². The molecule has 6 nitrogen and oxygen atoms in total. The van der Waals surface area contributed by atoms with Crippen LogP contribution in [0.1, 0.15) is 22.3 Å². The van der Waals surface area contributed by atoms with E-state index < -0.39 is 5.91 Å². The van der Waals surface area contributed by atoms with Gasteiger partial charge < -0.3 is 9.47 Å². The average Bonchev–Trinajstić information content (AvgIpc) is 2.80. The second-order valence-electron chi connectivity index (χ2n) is 6.53. The predicted octanol–water partition coefficient (Wildman–Crippen LogP) is 3.54. The molecule has 0 radical (unpaired) electrons. The first-order chi connectivity index (χ1) is 14.7. The number of carbonyl (C=O) groups is 2. The number of hydrogen-bond acceptors (Lipinski definition) is 4. The van der Waals surface area contributed by atoms with Gasteiger partial charge >= 0.3 is 0 Å². The Morgan fingerprint density at radius 2 is 1.33 bits per heavy atom. The van der Waals surface area contributed by atoms with Gasteiger partial charge in [0.05, 0.1) is 0 Å². The van der Waals surface area contributed by atoms with E-state index in [0.29, 0.717) is 30.9 Å². The quantitative estimate of drug-likeness (QED) is 0.423. The minimum absolute atomic E-state index is 0.252. The average molecular weight is 404 g/mol. The molecule has 30 heavy (non-hydrogen) atoms. The van der Waals surface area contributed by atoms with Crippen LogP contribution >= 0.6 is 0 Å². The van der Waals surface area contributed by atoms with E-state index in [4.69, 9.17) is 9.47 Å². The summed E-state index contributed by atoms with van der Waals surface area (Å²) in [5, 5.41) is 0. The number of benzene rings is 3. The summed E-state index contributed by atoms with van der Waals surface area (Å²) < 4.78 is 11.2. The Kier molecular flexibility index (Phi) is 7.85. The Hall–Kier alpha value is -3.80. The third-order valence-corrected chi connectivity index (χ3v) is 4.26. The summed E-state index contributed by atoms with van der Waals surface area (Å²) in [6, 6.07) is 25.9. The maximum Gasteiger partial charge on any atom is 0.269 e. The minimum Gasteiger partial charge on any atom is -0.490 e. The molecule has 0 aliphatic rings. The number of carbonyl (C=O) groups excluding carboxylic acids is 2. The van der Waals surface area contributed by atoms with Crippen LogP contribution in [0.5, 0.6) is 11.5 Å². The highest BCUT2D eigenvalue weighted by atomic mass is 16.5. The molecule has 0 bridgehead atoms. The van der Waals surface area contributed by atoms with Crippen LogP contribution in [0.15, 0.2) is 84.9 Å². The maximum absolute atomic E-state index is 12.3. The van der Waals surface area contributed by atoms with Crippen LogP contribution in [0.25, 0.3) is 0 Å². The van der Waals surface area contributed by atoms with Crippen molar-refractivity contribution >= 4 is 11.8 Å². The zero-order valence-corrected chi connectivity index (χ0v) is 16.5. The van der Waals surface area contributed by atoms with E-state index in [0.717, 1.165) is 11.3 Å². The van der Waals surface area contributed by atoms with Crippen molar-refractivity contribution in [1.82, 2.24) is 10.9 Å². The highest BCUT2D eigenvalue weighted by molar-refractivity contribution is 5.95. The van der Waals surface area contributed by atoms with Gasteiger partial charge in [-0.3, -0.25) is 20.4 Å². The van der Waals surface area contributed by atoms with Gasteiger partial charge in [0.25, 0.3) is 5.91 Å². The van der Waals surface area contributed by atoms with Gasteiger partial charge in [0.2, 0.25) is 5.91 Å². The Labute approximate surface area is 175 Å². The Balaban J connectivity index is 1.39. The lowest BCUT2D eigenvalue weighted by Gasteiger charge is -2.10. The van der Waals surface area contributed by atoms with Crippen molar-refractivity contribution in [3.8, 4) is 11.5 Å². The van der Waals surface area contributed by atoms with E-state index in [1.807, 2.05) is 60.7 Å². The zero-order valence-electron chi connectivity index (χ0n) is 16.5. The second kappa shape index (κ2) is 11.3. The molecule has 0 aliphatic heterocycles. The first kappa shape index (κ1) is 20.9. The van der Waals surface area contributed by atoms with Crippen molar-refractivity contribution in [2.24, 2.45) is 0 Å². The summed E-state index contributed by atoms with van der Waals surface area (Å²) in [5.41, 5.74) is 6.33. The molecule has 0 saturated heterocycles. The Morgan fingerprint density at radius 3 is 2.07 bits per heavy atom.